The molecule has 0 unspecified atom stereocenters. The number of aliphatic hydroxyl groups excluding tert-OH is 1. The second kappa shape index (κ2) is 8.34. The van der Waals surface area contributed by atoms with Crippen molar-refractivity contribution in [2.24, 2.45) is 0 Å². The molecule has 0 radical (unpaired) electrons. The Morgan fingerprint density at radius 2 is 1.95 bits per heavy atom. The van der Waals surface area contributed by atoms with Crippen LogP contribution in [0.1, 0.15) is 42.6 Å². The minimum Gasteiger partial charge on any atom is -0.384 e. The molecule has 0 saturated heterocycles. The molecule has 1 aromatic rings. The lowest BCUT2D eigenvalue weighted by Gasteiger charge is -2.21. The van der Waals surface area contributed by atoms with E-state index in [-0.39, 0.29) is 12.5 Å². The normalized spacial score (nSPS) is 9.63. The van der Waals surface area contributed by atoms with Gasteiger partial charge in [-0.1, -0.05) is 31.8 Å². The number of benzene rings is 1. The topological polar surface area (TPSA) is 40.5 Å². The average Bonchev–Trinajstić information content (AvgIpc) is 2.44. The predicted molar refractivity (Wildman–Crippen MR) is 76.9 cm³/mol. The van der Waals surface area contributed by atoms with Gasteiger partial charge in [-0.3, -0.25) is 4.79 Å². The van der Waals surface area contributed by atoms with Crippen molar-refractivity contribution in [2.45, 2.75) is 26.7 Å². The number of carbonyl (C=O) groups is 1. The maximum Gasteiger partial charge on any atom is 0.253 e. The van der Waals surface area contributed by atoms with Crippen molar-refractivity contribution < 1.29 is 9.90 Å². The van der Waals surface area contributed by atoms with Crippen LogP contribution in [0.25, 0.3) is 0 Å². The molecular formula is C16H21NO2. The number of rotatable bonds is 5. The van der Waals surface area contributed by atoms with Gasteiger partial charge in [-0.05, 0) is 31.0 Å². The standard InChI is InChI=1S/C16H21NO2/c1-3-10-17(11-4-2)16(19)15-9-5-7-14(13-15)8-6-12-18/h5,7,9,13,18H,3-4,10-12H2,1-2H3. The van der Waals surface area contributed by atoms with Crippen molar-refractivity contribution in [3.05, 3.63) is 35.4 Å². The van der Waals surface area contributed by atoms with E-state index in [0.717, 1.165) is 31.5 Å². The number of nitrogens with zero attached hydrogens (tertiary/aromatic N) is 1. The highest BCUT2D eigenvalue weighted by Crippen LogP contribution is 2.09. The molecule has 1 N–H and O–H groups in total. The first-order chi connectivity index (χ1) is 9.22. The first-order valence-corrected chi connectivity index (χ1v) is 6.72. The minimum atomic E-state index is -0.171. The van der Waals surface area contributed by atoms with Gasteiger partial charge in [0.05, 0.1) is 0 Å². The Balaban J connectivity index is 2.91. The lowest BCUT2D eigenvalue weighted by atomic mass is 10.1. The van der Waals surface area contributed by atoms with Crippen LogP contribution in [0.5, 0.6) is 0 Å². The molecule has 102 valence electrons. The lowest BCUT2D eigenvalue weighted by molar-refractivity contribution is 0.0755. The van der Waals surface area contributed by atoms with Gasteiger partial charge in [0.15, 0.2) is 0 Å². The van der Waals surface area contributed by atoms with Gasteiger partial charge >= 0.3 is 0 Å². The van der Waals surface area contributed by atoms with Gasteiger partial charge in [0, 0.05) is 24.2 Å². The molecule has 1 rings (SSSR count). The van der Waals surface area contributed by atoms with Crippen LogP contribution in [-0.4, -0.2) is 35.6 Å². The smallest absolute Gasteiger partial charge is 0.253 e. The number of aliphatic hydroxyl groups is 1. The van der Waals surface area contributed by atoms with Crippen LogP contribution in [-0.2, 0) is 0 Å². The summed E-state index contributed by atoms with van der Waals surface area (Å²) >= 11 is 0. The van der Waals surface area contributed by atoms with E-state index in [1.807, 2.05) is 23.1 Å². The molecule has 0 aliphatic rings. The summed E-state index contributed by atoms with van der Waals surface area (Å²) in [6.07, 6.45) is 1.91. The Hall–Kier alpha value is -1.79. The highest BCUT2D eigenvalue weighted by atomic mass is 16.2. The summed E-state index contributed by atoms with van der Waals surface area (Å²) in [7, 11) is 0. The van der Waals surface area contributed by atoms with Crippen molar-refractivity contribution in [2.75, 3.05) is 19.7 Å². The van der Waals surface area contributed by atoms with Gasteiger partial charge in [0.1, 0.15) is 6.61 Å². The molecule has 0 bridgehead atoms. The molecule has 1 aromatic carbocycles. The largest absolute Gasteiger partial charge is 0.384 e. The van der Waals surface area contributed by atoms with Gasteiger partial charge in [-0.15, -0.1) is 0 Å². The molecule has 3 nitrogen and oxygen atoms in total. The molecule has 0 atom stereocenters. The van der Waals surface area contributed by atoms with Gasteiger partial charge in [-0.25, -0.2) is 0 Å². The fraction of sp³-hybridized carbons (Fsp3) is 0.438. The van der Waals surface area contributed by atoms with Gasteiger partial charge in [-0.2, -0.15) is 0 Å². The molecule has 0 fully saturated rings. The maximum atomic E-state index is 12.4. The van der Waals surface area contributed by atoms with Gasteiger partial charge < -0.3 is 10.0 Å². The van der Waals surface area contributed by atoms with Crippen molar-refractivity contribution in [1.29, 1.82) is 0 Å². The zero-order valence-corrected chi connectivity index (χ0v) is 11.6. The monoisotopic (exact) mass is 259 g/mol. The summed E-state index contributed by atoms with van der Waals surface area (Å²) in [5, 5.41) is 8.69. The summed E-state index contributed by atoms with van der Waals surface area (Å²) in [5.74, 6) is 5.46. The fourth-order valence-electron chi connectivity index (χ4n) is 1.91. The van der Waals surface area contributed by atoms with Gasteiger partial charge in [0.2, 0.25) is 0 Å². The highest BCUT2D eigenvalue weighted by molar-refractivity contribution is 5.94. The summed E-state index contributed by atoms with van der Waals surface area (Å²) in [4.78, 5) is 14.3. The summed E-state index contributed by atoms with van der Waals surface area (Å²) in [6.45, 7) is 5.52. The Labute approximate surface area is 115 Å². The van der Waals surface area contributed by atoms with Crippen molar-refractivity contribution in [3.8, 4) is 11.8 Å². The van der Waals surface area contributed by atoms with E-state index in [0.29, 0.717) is 5.56 Å². The fourth-order valence-corrected chi connectivity index (χ4v) is 1.91. The highest BCUT2D eigenvalue weighted by Gasteiger charge is 2.13. The molecule has 19 heavy (non-hydrogen) atoms. The van der Waals surface area contributed by atoms with Crippen LogP contribution in [0.4, 0.5) is 0 Å². The molecular weight excluding hydrogens is 238 g/mol. The van der Waals surface area contributed by atoms with E-state index in [4.69, 9.17) is 5.11 Å². The predicted octanol–water partition coefficient (Wildman–Crippen LogP) is 2.29. The minimum absolute atomic E-state index is 0.0522. The lowest BCUT2D eigenvalue weighted by Crippen LogP contribution is -2.32. The van der Waals surface area contributed by atoms with Crippen LogP contribution in [0.2, 0.25) is 0 Å². The number of hydrogen-bond acceptors (Lipinski definition) is 2. The molecule has 0 aliphatic carbocycles. The Kier molecular flexibility index (Phi) is 6.70. The van der Waals surface area contributed by atoms with Crippen molar-refractivity contribution in [3.63, 3.8) is 0 Å². The van der Waals surface area contributed by atoms with E-state index in [9.17, 15) is 4.79 Å². The first-order valence-electron chi connectivity index (χ1n) is 6.72. The third-order valence-corrected chi connectivity index (χ3v) is 2.70. The van der Waals surface area contributed by atoms with E-state index in [2.05, 4.69) is 25.7 Å². The molecule has 3 heteroatoms. The van der Waals surface area contributed by atoms with Crippen LogP contribution < -0.4 is 0 Å². The maximum absolute atomic E-state index is 12.4. The quantitative estimate of drug-likeness (QED) is 0.824. The third kappa shape index (κ3) is 4.76. The van der Waals surface area contributed by atoms with E-state index in [1.54, 1.807) is 6.07 Å². The second-order valence-electron chi connectivity index (χ2n) is 4.33. The van der Waals surface area contributed by atoms with Crippen LogP contribution >= 0.6 is 0 Å². The summed E-state index contributed by atoms with van der Waals surface area (Å²) in [5.41, 5.74) is 1.42. The third-order valence-electron chi connectivity index (χ3n) is 2.70. The SMILES string of the molecule is CCCN(CCC)C(=O)c1cccc(C#CCO)c1. The van der Waals surface area contributed by atoms with Crippen molar-refractivity contribution >= 4 is 5.91 Å². The Morgan fingerprint density at radius 3 is 2.53 bits per heavy atom. The summed E-state index contributed by atoms with van der Waals surface area (Å²) in [6, 6.07) is 7.25. The molecule has 0 aliphatic heterocycles. The van der Waals surface area contributed by atoms with Gasteiger partial charge in [0.25, 0.3) is 5.91 Å². The number of carbonyl (C=O) groups excluding carboxylic acids is 1. The van der Waals surface area contributed by atoms with Crippen LogP contribution in [0.15, 0.2) is 24.3 Å². The molecule has 0 spiro atoms. The Bertz CT molecular complexity index is 465. The van der Waals surface area contributed by atoms with Crippen LogP contribution in [0.3, 0.4) is 0 Å². The number of hydrogen-bond donors (Lipinski definition) is 1. The molecule has 1 amide bonds. The van der Waals surface area contributed by atoms with Crippen LogP contribution in [0, 0.1) is 11.8 Å². The summed E-state index contributed by atoms with van der Waals surface area (Å²) < 4.78 is 0. The second-order valence-corrected chi connectivity index (χ2v) is 4.33. The number of amides is 1. The van der Waals surface area contributed by atoms with E-state index in [1.165, 1.54) is 0 Å². The zero-order valence-electron chi connectivity index (χ0n) is 11.6. The Morgan fingerprint density at radius 1 is 1.26 bits per heavy atom. The first kappa shape index (κ1) is 15.3. The van der Waals surface area contributed by atoms with Crippen molar-refractivity contribution in [1.82, 2.24) is 4.90 Å². The average molecular weight is 259 g/mol. The molecule has 0 saturated carbocycles. The van der Waals surface area contributed by atoms with E-state index < -0.39 is 0 Å². The molecule has 0 aromatic heterocycles. The molecule has 0 heterocycles. The zero-order chi connectivity index (χ0) is 14.1. The van der Waals surface area contributed by atoms with E-state index >= 15 is 0 Å².